The van der Waals surface area contributed by atoms with Gasteiger partial charge < -0.3 is 0 Å². The van der Waals surface area contributed by atoms with Gasteiger partial charge in [0.1, 0.15) is 0 Å². The minimum Gasteiger partial charge on any atom is -0.266 e. The van der Waals surface area contributed by atoms with E-state index in [-0.39, 0.29) is 6.61 Å². The molecule has 1 aromatic rings. The fourth-order valence-corrected chi connectivity index (χ4v) is 1.75. The molecule has 0 aromatic heterocycles. The Morgan fingerprint density at radius 1 is 1.32 bits per heavy atom. The molecule has 19 heavy (non-hydrogen) atoms. The predicted octanol–water partition coefficient (Wildman–Crippen LogP) is 2.30. The van der Waals surface area contributed by atoms with Crippen molar-refractivity contribution < 1.29 is 14.4 Å². The first kappa shape index (κ1) is 13.1. The van der Waals surface area contributed by atoms with Gasteiger partial charge in [-0.05, 0) is 24.1 Å². The number of carbonyl (C=O) groups excluding carboxylic acids is 2. The smallest absolute Gasteiger partial charge is 0.266 e. The monoisotopic (exact) mass is 260 g/mol. The molecule has 0 N–H and O–H groups in total. The molecule has 2 rings (SSSR count). The van der Waals surface area contributed by atoms with E-state index in [9.17, 15) is 9.59 Å². The second kappa shape index (κ2) is 5.51. The quantitative estimate of drug-likeness (QED) is 0.351. The van der Waals surface area contributed by atoms with E-state index in [4.69, 9.17) is 10.4 Å². The van der Waals surface area contributed by atoms with Gasteiger partial charge in [-0.15, -0.1) is 5.06 Å². The Balaban J connectivity index is 2.10. The summed E-state index contributed by atoms with van der Waals surface area (Å²) in [5.41, 5.74) is 9.01. The third-order valence-corrected chi connectivity index (χ3v) is 2.84. The van der Waals surface area contributed by atoms with Gasteiger partial charge in [0.25, 0.3) is 11.8 Å². The van der Waals surface area contributed by atoms with Crippen LogP contribution in [0.25, 0.3) is 10.4 Å². The maximum atomic E-state index is 11.9. The summed E-state index contributed by atoms with van der Waals surface area (Å²) < 4.78 is 0. The van der Waals surface area contributed by atoms with Crippen LogP contribution in [0.5, 0.6) is 0 Å². The number of nitrogens with zero attached hydrogens (tertiary/aromatic N) is 4. The van der Waals surface area contributed by atoms with Crippen molar-refractivity contribution in [3.05, 3.63) is 45.8 Å². The fourth-order valence-electron chi connectivity index (χ4n) is 1.75. The van der Waals surface area contributed by atoms with Gasteiger partial charge in [0.15, 0.2) is 0 Å². The van der Waals surface area contributed by atoms with Crippen molar-refractivity contribution in [3.8, 4) is 0 Å². The van der Waals surface area contributed by atoms with E-state index in [1.165, 1.54) is 0 Å². The van der Waals surface area contributed by atoms with Crippen molar-refractivity contribution in [2.24, 2.45) is 5.11 Å². The average Bonchev–Trinajstić information content (AvgIpc) is 2.68. The van der Waals surface area contributed by atoms with Crippen LogP contribution in [0, 0.1) is 0 Å². The van der Waals surface area contributed by atoms with Gasteiger partial charge in [-0.1, -0.05) is 24.2 Å². The number of amides is 2. The first-order valence-corrected chi connectivity index (χ1v) is 5.84. The number of azide groups is 1. The number of fused-ring (bicyclic) bond motifs is 1. The lowest BCUT2D eigenvalue weighted by atomic mass is 10.1. The van der Waals surface area contributed by atoms with Crippen LogP contribution in [0.2, 0.25) is 0 Å². The van der Waals surface area contributed by atoms with Crippen LogP contribution in [0.4, 0.5) is 0 Å². The SMILES string of the molecule is CCC(CON1C(=O)c2ccccc2C1=O)N=[N+]=[N-]. The number of carbonyl (C=O) groups is 2. The summed E-state index contributed by atoms with van der Waals surface area (Å²) in [5.74, 6) is -0.979. The zero-order valence-electron chi connectivity index (χ0n) is 10.3. The van der Waals surface area contributed by atoms with E-state index in [0.29, 0.717) is 17.5 Å². The van der Waals surface area contributed by atoms with Crippen LogP contribution >= 0.6 is 0 Å². The van der Waals surface area contributed by atoms with Crippen LogP contribution in [0.1, 0.15) is 34.1 Å². The van der Waals surface area contributed by atoms with Gasteiger partial charge in [-0.2, -0.15) is 0 Å². The van der Waals surface area contributed by atoms with Crippen molar-refractivity contribution in [3.63, 3.8) is 0 Å². The van der Waals surface area contributed by atoms with Gasteiger partial charge in [0, 0.05) is 4.91 Å². The highest BCUT2D eigenvalue weighted by Crippen LogP contribution is 2.22. The molecule has 1 unspecified atom stereocenters. The Hall–Kier alpha value is -2.37. The summed E-state index contributed by atoms with van der Waals surface area (Å²) >= 11 is 0. The van der Waals surface area contributed by atoms with Crippen molar-refractivity contribution >= 4 is 11.8 Å². The molecule has 2 amide bonds. The van der Waals surface area contributed by atoms with Gasteiger partial charge in [-0.25, -0.2) is 0 Å². The number of benzene rings is 1. The second-order valence-electron chi connectivity index (χ2n) is 4.01. The lowest BCUT2D eigenvalue weighted by Gasteiger charge is -2.15. The Bertz CT molecular complexity index is 531. The lowest BCUT2D eigenvalue weighted by molar-refractivity contribution is -0.0953. The Labute approximate surface area is 109 Å². The molecule has 1 aromatic carbocycles. The van der Waals surface area contributed by atoms with Crippen molar-refractivity contribution in [1.29, 1.82) is 0 Å². The number of rotatable bonds is 5. The van der Waals surface area contributed by atoms with Gasteiger partial charge >= 0.3 is 0 Å². The third kappa shape index (κ3) is 2.42. The molecule has 0 saturated carbocycles. The van der Waals surface area contributed by atoms with Crippen molar-refractivity contribution in [1.82, 2.24) is 5.06 Å². The number of imide groups is 1. The lowest BCUT2D eigenvalue weighted by Crippen LogP contribution is -2.32. The molecule has 7 nitrogen and oxygen atoms in total. The van der Waals surface area contributed by atoms with E-state index in [0.717, 1.165) is 5.06 Å². The molecule has 0 fully saturated rings. The van der Waals surface area contributed by atoms with Crippen LogP contribution in [0.3, 0.4) is 0 Å². The summed E-state index contributed by atoms with van der Waals surface area (Å²) in [4.78, 5) is 31.8. The molecular formula is C12H12N4O3. The van der Waals surface area contributed by atoms with Crippen molar-refractivity contribution in [2.75, 3.05) is 6.61 Å². The first-order chi connectivity index (χ1) is 9.19. The van der Waals surface area contributed by atoms with Gasteiger partial charge in [0.05, 0.1) is 23.8 Å². The molecule has 0 bridgehead atoms. The summed E-state index contributed by atoms with van der Waals surface area (Å²) in [5, 5.41) is 4.23. The molecule has 0 spiro atoms. The minimum atomic E-state index is -0.489. The third-order valence-electron chi connectivity index (χ3n) is 2.84. The van der Waals surface area contributed by atoms with Crippen LogP contribution in [-0.2, 0) is 4.84 Å². The molecule has 1 heterocycles. The molecular weight excluding hydrogens is 248 g/mol. The van der Waals surface area contributed by atoms with Crippen LogP contribution in [-0.4, -0.2) is 29.5 Å². The molecule has 98 valence electrons. The highest BCUT2D eigenvalue weighted by atomic mass is 16.7. The summed E-state index contributed by atoms with van der Waals surface area (Å²) in [7, 11) is 0. The van der Waals surface area contributed by atoms with E-state index in [1.807, 2.05) is 6.92 Å². The first-order valence-electron chi connectivity index (χ1n) is 5.84. The largest absolute Gasteiger partial charge is 0.285 e. The average molecular weight is 260 g/mol. The second-order valence-corrected chi connectivity index (χ2v) is 4.01. The van der Waals surface area contributed by atoms with Crippen LogP contribution < -0.4 is 0 Å². The van der Waals surface area contributed by atoms with Gasteiger partial charge in [0.2, 0.25) is 0 Å². The Morgan fingerprint density at radius 3 is 2.37 bits per heavy atom. The van der Waals surface area contributed by atoms with Crippen LogP contribution in [0.15, 0.2) is 29.4 Å². The molecule has 1 atom stereocenters. The predicted molar refractivity (Wildman–Crippen MR) is 66.1 cm³/mol. The van der Waals surface area contributed by atoms with Crippen molar-refractivity contribution in [2.45, 2.75) is 19.4 Å². The molecule has 7 heteroatoms. The maximum absolute atomic E-state index is 11.9. The molecule has 0 aliphatic carbocycles. The van der Waals surface area contributed by atoms with E-state index < -0.39 is 17.9 Å². The summed E-state index contributed by atoms with van der Waals surface area (Å²) in [6.45, 7) is 1.82. The summed E-state index contributed by atoms with van der Waals surface area (Å²) in [6.07, 6.45) is 0.563. The van der Waals surface area contributed by atoms with E-state index >= 15 is 0 Å². The molecule has 1 aliphatic heterocycles. The minimum absolute atomic E-state index is 0.00791. The van der Waals surface area contributed by atoms with Gasteiger partial charge in [-0.3, -0.25) is 14.4 Å². The fraction of sp³-hybridized carbons (Fsp3) is 0.333. The zero-order valence-corrected chi connectivity index (χ0v) is 10.3. The highest BCUT2D eigenvalue weighted by molar-refractivity contribution is 6.20. The molecule has 1 aliphatic rings. The van der Waals surface area contributed by atoms with E-state index in [2.05, 4.69) is 10.0 Å². The van der Waals surface area contributed by atoms with E-state index in [1.54, 1.807) is 24.3 Å². The Kier molecular flexibility index (Phi) is 3.79. The highest BCUT2D eigenvalue weighted by Gasteiger charge is 2.36. The zero-order chi connectivity index (χ0) is 13.8. The maximum Gasteiger partial charge on any atom is 0.285 e. The topological polar surface area (TPSA) is 95.4 Å². The number of hydroxylamine groups is 2. The normalized spacial score (nSPS) is 15.1. The molecule has 0 saturated heterocycles. The Morgan fingerprint density at radius 2 is 1.89 bits per heavy atom. The number of hydrogen-bond donors (Lipinski definition) is 0. The molecule has 0 radical (unpaired) electrons. The summed E-state index contributed by atoms with van der Waals surface area (Å²) in [6, 6.07) is 6.10. The number of hydrogen-bond acceptors (Lipinski definition) is 4. The standard InChI is InChI=1S/C12H12N4O3/c1-2-8(14-15-13)7-19-16-11(17)9-5-3-4-6-10(9)12(16)18/h3-6,8H,2,7H2,1H3.